The Balaban J connectivity index is 0.000000871. The molecule has 0 spiro atoms. The van der Waals surface area contributed by atoms with E-state index in [0.717, 1.165) is 22.0 Å². The van der Waals surface area contributed by atoms with Crippen molar-refractivity contribution >= 4 is 46.0 Å². The van der Waals surface area contributed by atoms with E-state index in [9.17, 15) is 0 Å². The minimum atomic E-state index is -0.583. The van der Waals surface area contributed by atoms with Gasteiger partial charge in [0.15, 0.2) is 17.3 Å². The van der Waals surface area contributed by atoms with E-state index in [0.29, 0.717) is 5.69 Å². The molecular weight excluding hydrogens is 368 g/mol. The minimum absolute atomic E-state index is 0. The summed E-state index contributed by atoms with van der Waals surface area (Å²) in [5.41, 5.74) is 17.3. The van der Waals surface area contributed by atoms with Crippen molar-refractivity contribution in [3.8, 4) is 0 Å². The molecule has 1 aromatic heterocycles. The molecule has 0 unspecified atom stereocenters. The van der Waals surface area contributed by atoms with Gasteiger partial charge in [0.2, 0.25) is 0 Å². The summed E-state index contributed by atoms with van der Waals surface area (Å²) in [6.07, 6.45) is 3.29. The molecule has 23 heavy (non-hydrogen) atoms. The molecule has 0 aliphatic heterocycles. The maximum atomic E-state index is 9.11. The molecule has 7 nitrogen and oxygen atoms in total. The number of fused-ring (bicyclic) bond motifs is 1. The van der Waals surface area contributed by atoms with Crippen molar-refractivity contribution in [2.24, 2.45) is 10.8 Å². The van der Waals surface area contributed by atoms with E-state index in [1.54, 1.807) is 6.20 Å². The van der Waals surface area contributed by atoms with Gasteiger partial charge in [0, 0.05) is 33.7 Å². The number of nitrogens with two attached hydrogens (primary N) is 2. The Hall–Kier alpha value is -1.96. The smallest absolute Gasteiger partial charge is 0.565 e. The molecule has 1 aromatic carbocycles. The second kappa shape index (κ2) is 9.94. The SMILES string of the molecule is CC(=O)[OH2+].Cc1cnc(C=N[N-]C(N)=[SH+])c2cccc(N)c12.[Zn+2]. The minimum Gasteiger partial charge on any atom is -0.565 e. The van der Waals surface area contributed by atoms with Gasteiger partial charge in [0.1, 0.15) is 0 Å². The first-order valence-corrected chi connectivity index (χ1v) is 6.69. The van der Waals surface area contributed by atoms with E-state index in [2.05, 4.69) is 27.7 Å². The number of carbonyl (C=O) groups is 1. The molecule has 0 fully saturated rings. The molecule has 0 radical (unpaired) electrons. The van der Waals surface area contributed by atoms with Crippen molar-refractivity contribution in [3.05, 3.63) is 41.1 Å². The first kappa shape index (κ1) is 21.0. The summed E-state index contributed by atoms with van der Waals surface area (Å²) in [6.45, 7) is 3.16. The molecule has 0 atom stereocenters. The maximum absolute atomic E-state index is 9.11. The molecule has 0 saturated heterocycles. The van der Waals surface area contributed by atoms with Gasteiger partial charge in [-0.15, -0.1) is 0 Å². The topological polar surface area (TPSA) is 131 Å². The van der Waals surface area contributed by atoms with Gasteiger partial charge >= 0.3 is 25.4 Å². The normalized spacial score (nSPS) is 9.70. The van der Waals surface area contributed by atoms with Gasteiger partial charge in [0.05, 0.1) is 12.6 Å². The van der Waals surface area contributed by atoms with Crippen molar-refractivity contribution in [3.63, 3.8) is 0 Å². The number of aryl methyl sites for hydroxylation is 1. The summed E-state index contributed by atoms with van der Waals surface area (Å²) in [7, 11) is 0. The Morgan fingerprint density at radius 3 is 2.65 bits per heavy atom. The van der Waals surface area contributed by atoms with Crippen LogP contribution in [0.1, 0.15) is 18.2 Å². The van der Waals surface area contributed by atoms with Gasteiger partial charge in [-0.2, -0.15) is 0 Å². The predicted molar refractivity (Wildman–Crippen MR) is 94.1 cm³/mol. The first-order chi connectivity index (χ1) is 10.3. The Labute approximate surface area is 151 Å². The van der Waals surface area contributed by atoms with Gasteiger partial charge < -0.3 is 21.4 Å². The number of hydrogen-bond acceptors (Lipinski definition) is 4. The van der Waals surface area contributed by atoms with Crippen LogP contribution in [0, 0.1) is 6.92 Å². The number of pyridine rings is 1. The molecule has 2 aromatic rings. The number of nitrogens with zero attached hydrogens (tertiary/aromatic N) is 3. The van der Waals surface area contributed by atoms with Gasteiger partial charge in [-0.05, 0) is 18.6 Å². The summed E-state index contributed by atoms with van der Waals surface area (Å²) in [4.78, 5) is 13.4. The zero-order valence-corrected chi connectivity index (χ0v) is 16.8. The Morgan fingerprint density at radius 1 is 1.48 bits per heavy atom. The van der Waals surface area contributed by atoms with Crippen LogP contribution < -0.4 is 11.5 Å². The number of carbonyl (C=O) groups excluding carboxylic acids is 1. The van der Waals surface area contributed by atoms with Crippen LogP contribution in [-0.4, -0.2) is 27.4 Å². The van der Waals surface area contributed by atoms with Gasteiger partial charge in [-0.3, -0.25) is 10.7 Å². The average Bonchev–Trinajstić information content (AvgIpc) is 2.40. The van der Waals surface area contributed by atoms with Crippen molar-refractivity contribution in [2.45, 2.75) is 13.8 Å². The third kappa shape index (κ3) is 6.77. The van der Waals surface area contributed by atoms with E-state index in [1.165, 1.54) is 13.1 Å². The van der Waals surface area contributed by atoms with Crippen LogP contribution in [0.4, 0.5) is 5.69 Å². The summed E-state index contributed by atoms with van der Waals surface area (Å²) in [5, 5.41) is 11.8. The molecule has 0 aliphatic rings. The fourth-order valence-corrected chi connectivity index (χ4v) is 1.82. The van der Waals surface area contributed by atoms with E-state index >= 15 is 0 Å². The van der Waals surface area contributed by atoms with Crippen molar-refractivity contribution < 1.29 is 29.4 Å². The number of anilines is 1. The zero-order valence-electron chi connectivity index (χ0n) is 12.9. The summed E-state index contributed by atoms with van der Waals surface area (Å²) >= 11 is 3.82. The molecule has 0 bridgehead atoms. The molecule has 0 saturated carbocycles. The third-order valence-electron chi connectivity index (χ3n) is 2.50. The standard InChI is InChI=1S/C12H13N5S.C2H4O2.Zn/c1-7-5-15-10(6-16-17-12(14)18)8-3-2-4-9(13)11(7)8;1-2(3)4;/h2-6H,1H3,(H5,13,14,15,16,17,18);1H3,(H,3,4);/q;;+2/p+1. The first-order valence-electron chi connectivity index (χ1n) is 6.24. The largest absolute Gasteiger partial charge is 2.00 e. The predicted octanol–water partition coefficient (Wildman–Crippen LogP) is 0.413. The van der Waals surface area contributed by atoms with E-state index in [1.807, 2.05) is 25.1 Å². The third-order valence-corrected chi connectivity index (χ3v) is 2.59. The second-order valence-corrected chi connectivity index (χ2v) is 4.81. The van der Waals surface area contributed by atoms with Crippen LogP contribution in [-0.2, 0) is 36.5 Å². The monoisotopic (exact) mass is 384 g/mol. The number of rotatable bonds is 2. The Morgan fingerprint density at radius 2 is 2.09 bits per heavy atom. The Bertz CT molecular complexity index is 724. The number of nitrogen functional groups attached to an aromatic ring is 1. The van der Waals surface area contributed by atoms with Gasteiger partial charge in [0.25, 0.3) is 0 Å². The molecule has 0 amide bonds. The molecule has 0 aliphatic carbocycles. The molecule has 1 heterocycles. The van der Waals surface area contributed by atoms with E-state index in [4.69, 9.17) is 21.4 Å². The number of hydrogen-bond donors (Lipinski definition) is 2. The molecule has 9 heteroatoms. The summed E-state index contributed by atoms with van der Waals surface area (Å²) in [6, 6.07) is 5.69. The van der Waals surface area contributed by atoms with Crippen molar-refractivity contribution in [1.29, 1.82) is 0 Å². The average molecular weight is 386 g/mol. The second-order valence-electron chi connectivity index (χ2n) is 4.36. The van der Waals surface area contributed by atoms with Crippen LogP contribution in [0.3, 0.4) is 0 Å². The van der Waals surface area contributed by atoms with Crippen LogP contribution >= 0.6 is 0 Å². The van der Waals surface area contributed by atoms with Crippen molar-refractivity contribution in [1.82, 2.24) is 4.98 Å². The van der Waals surface area contributed by atoms with E-state index < -0.39 is 5.97 Å². The number of benzene rings is 1. The maximum Gasteiger partial charge on any atom is 2.00 e. The quantitative estimate of drug-likeness (QED) is 0.147. The molecule has 2 rings (SSSR count). The fraction of sp³-hybridized carbons (Fsp3) is 0.143. The molecular formula is C14H18N5O2SZn+3. The Kier molecular flexibility index (Phi) is 9.09. The van der Waals surface area contributed by atoms with E-state index in [-0.39, 0.29) is 24.6 Å². The van der Waals surface area contributed by atoms with Crippen LogP contribution in [0.25, 0.3) is 16.2 Å². The number of thiol groups is 1. The summed E-state index contributed by atoms with van der Waals surface area (Å²) in [5.74, 6) is -0.583. The number of aromatic nitrogens is 1. The van der Waals surface area contributed by atoms with Crippen LogP contribution in [0.5, 0.6) is 0 Å². The molecule has 6 N–H and O–H groups in total. The van der Waals surface area contributed by atoms with Gasteiger partial charge in [-0.25, -0.2) is 0 Å². The van der Waals surface area contributed by atoms with Crippen LogP contribution in [0.15, 0.2) is 29.5 Å². The van der Waals surface area contributed by atoms with Crippen molar-refractivity contribution in [2.75, 3.05) is 5.73 Å². The summed E-state index contributed by atoms with van der Waals surface area (Å²) < 4.78 is 0. The van der Waals surface area contributed by atoms with Gasteiger partial charge in [-0.1, -0.05) is 12.1 Å². The fourth-order valence-electron chi connectivity index (χ4n) is 1.77. The molecule has 116 valence electrons. The van der Waals surface area contributed by atoms with Crippen LogP contribution in [0.2, 0.25) is 0 Å². The zero-order chi connectivity index (χ0) is 16.7.